The summed E-state index contributed by atoms with van der Waals surface area (Å²) in [7, 11) is 0. The molecule has 0 atom stereocenters. The number of rotatable bonds is 2. The summed E-state index contributed by atoms with van der Waals surface area (Å²) < 4.78 is 0. The van der Waals surface area contributed by atoms with E-state index in [4.69, 9.17) is 5.73 Å². The minimum Gasteiger partial charge on any atom is -0.351 e. The summed E-state index contributed by atoms with van der Waals surface area (Å²) in [6.45, 7) is 0.672. The number of hydrogen-bond donors (Lipinski definition) is 2. The summed E-state index contributed by atoms with van der Waals surface area (Å²) in [6.07, 6.45) is 2.45. The molecule has 1 aliphatic rings. The van der Waals surface area contributed by atoms with Crippen molar-refractivity contribution in [3.63, 3.8) is 0 Å². The van der Waals surface area contributed by atoms with Crippen molar-refractivity contribution >= 4 is 23.6 Å². The van der Waals surface area contributed by atoms with Crippen molar-refractivity contribution < 1.29 is 9.59 Å². The topological polar surface area (TPSA) is 88.3 Å². The molecule has 0 bridgehead atoms. The lowest BCUT2D eigenvalue weighted by Gasteiger charge is -2.25. The Morgan fingerprint density at radius 3 is 2.94 bits per heavy atom. The van der Waals surface area contributed by atoms with Crippen LogP contribution in [-0.4, -0.2) is 23.5 Å². The van der Waals surface area contributed by atoms with Crippen molar-refractivity contribution in [2.45, 2.75) is 19.3 Å². The number of hydrogen-bond acceptors (Lipinski definition) is 3. The highest BCUT2D eigenvalue weighted by molar-refractivity contribution is 5.93. The highest BCUT2D eigenvalue weighted by Gasteiger charge is 2.20. The Labute approximate surface area is 98.8 Å². The van der Waals surface area contributed by atoms with Gasteiger partial charge in [-0.25, -0.2) is 9.78 Å². The van der Waals surface area contributed by atoms with Gasteiger partial charge in [0.1, 0.15) is 11.6 Å². The summed E-state index contributed by atoms with van der Waals surface area (Å²) in [5, 5.41) is 2.39. The molecule has 1 saturated heterocycles. The molecule has 90 valence electrons. The van der Waals surface area contributed by atoms with Gasteiger partial charge in [-0.3, -0.25) is 15.0 Å². The van der Waals surface area contributed by atoms with Crippen molar-refractivity contribution in [2.24, 2.45) is 5.73 Å². The van der Waals surface area contributed by atoms with Crippen LogP contribution >= 0.6 is 0 Å². The first kappa shape index (κ1) is 11.4. The van der Waals surface area contributed by atoms with E-state index < -0.39 is 6.03 Å². The van der Waals surface area contributed by atoms with Crippen LogP contribution in [0.4, 0.5) is 16.4 Å². The van der Waals surface area contributed by atoms with Crippen LogP contribution in [0.2, 0.25) is 0 Å². The molecule has 0 aromatic carbocycles. The third-order valence-corrected chi connectivity index (χ3v) is 2.59. The number of primary amides is 1. The van der Waals surface area contributed by atoms with E-state index in [9.17, 15) is 9.59 Å². The Bertz CT molecular complexity index is 447. The van der Waals surface area contributed by atoms with Gasteiger partial charge in [-0.05, 0) is 25.0 Å². The molecule has 1 fully saturated rings. The van der Waals surface area contributed by atoms with Crippen LogP contribution in [0.1, 0.15) is 19.3 Å². The second-order valence-corrected chi connectivity index (χ2v) is 3.87. The normalized spacial score (nSPS) is 15.8. The lowest BCUT2D eigenvalue weighted by atomic mass is 10.1. The summed E-state index contributed by atoms with van der Waals surface area (Å²) in [6, 6.07) is 4.44. The van der Waals surface area contributed by atoms with Gasteiger partial charge >= 0.3 is 6.03 Å². The molecule has 17 heavy (non-hydrogen) atoms. The van der Waals surface area contributed by atoms with Crippen molar-refractivity contribution in [3.05, 3.63) is 18.2 Å². The number of nitrogens with zero attached hydrogens (tertiary/aromatic N) is 2. The minimum absolute atomic E-state index is 0.0694. The second kappa shape index (κ2) is 4.82. The lowest BCUT2D eigenvalue weighted by molar-refractivity contribution is -0.119. The molecule has 1 aromatic rings. The zero-order chi connectivity index (χ0) is 12.3. The number of anilines is 2. The molecule has 3 N–H and O–H groups in total. The van der Waals surface area contributed by atoms with Crippen LogP contribution in [0.5, 0.6) is 0 Å². The predicted octanol–water partition coefficient (Wildman–Crippen LogP) is 1.09. The van der Waals surface area contributed by atoms with Crippen molar-refractivity contribution in [1.82, 2.24) is 4.98 Å². The first-order valence-electron chi connectivity index (χ1n) is 5.51. The molecule has 2 rings (SSSR count). The standard InChI is InChI=1S/C11H14N4O2/c12-11(17)14-8-4-3-5-9(13-8)15-7-2-1-6-10(15)16/h3-5H,1-2,6-7H2,(H3,12,13,14,17). The highest BCUT2D eigenvalue weighted by atomic mass is 16.2. The fraction of sp³-hybridized carbons (Fsp3) is 0.364. The van der Waals surface area contributed by atoms with E-state index in [2.05, 4.69) is 10.3 Å². The summed E-state index contributed by atoms with van der Waals surface area (Å²) in [4.78, 5) is 28.2. The van der Waals surface area contributed by atoms with Crippen LogP contribution < -0.4 is 16.0 Å². The quantitative estimate of drug-likeness (QED) is 0.802. The Balaban J connectivity index is 2.19. The molecular weight excluding hydrogens is 220 g/mol. The van der Waals surface area contributed by atoms with Crippen LogP contribution in [0, 0.1) is 0 Å². The molecule has 0 unspecified atom stereocenters. The highest BCUT2D eigenvalue weighted by Crippen LogP contribution is 2.20. The first-order chi connectivity index (χ1) is 8.16. The Kier molecular flexibility index (Phi) is 3.22. The number of pyridine rings is 1. The van der Waals surface area contributed by atoms with Gasteiger partial charge in [0.05, 0.1) is 0 Å². The van der Waals surface area contributed by atoms with Gasteiger partial charge in [-0.15, -0.1) is 0 Å². The molecule has 3 amide bonds. The zero-order valence-corrected chi connectivity index (χ0v) is 9.35. The Morgan fingerprint density at radius 2 is 2.24 bits per heavy atom. The Hall–Kier alpha value is -2.11. The summed E-state index contributed by atoms with van der Waals surface area (Å²) in [5.74, 6) is 0.981. The number of nitrogens with two attached hydrogens (primary N) is 1. The van der Waals surface area contributed by atoms with E-state index in [1.807, 2.05) is 0 Å². The average molecular weight is 234 g/mol. The van der Waals surface area contributed by atoms with E-state index >= 15 is 0 Å². The average Bonchev–Trinajstić information content (AvgIpc) is 2.29. The van der Waals surface area contributed by atoms with Crippen molar-refractivity contribution in [1.29, 1.82) is 0 Å². The molecule has 0 spiro atoms. The molecule has 0 saturated carbocycles. The molecule has 0 radical (unpaired) electrons. The molecule has 2 heterocycles. The van der Waals surface area contributed by atoms with Crippen LogP contribution in [0.25, 0.3) is 0 Å². The van der Waals surface area contributed by atoms with Gasteiger partial charge in [-0.2, -0.15) is 0 Å². The summed E-state index contributed by atoms with van der Waals surface area (Å²) >= 11 is 0. The minimum atomic E-state index is -0.667. The largest absolute Gasteiger partial charge is 0.351 e. The van der Waals surface area contributed by atoms with Crippen molar-refractivity contribution in [3.8, 4) is 0 Å². The third-order valence-electron chi connectivity index (χ3n) is 2.59. The van der Waals surface area contributed by atoms with Gasteiger partial charge in [-0.1, -0.05) is 6.07 Å². The van der Waals surface area contributed by atoms with Gasteiger partial charge in [0.15, 0.2) is 0 Å². The number of urea groups is 1. The first-order valence-corrected chi connectivity index (χ1v) is 5.51. The van der Waals surface area contributed by atoms with E-state index in [-0.39, 0.29) is 5.91 Å². The fourth-order valence-corrected chi connectivity index (χ4v) is 1.82. The van der Waals surface area contributed by atoms with Crippen molar-refractivity contribution in [2.75, 3.05) is 16.8 Å². The number of carbonyl (C=O) groups is 2. The third kappa shape index (κ3) is 2.72. The number of piperidine rings is 1. The molecule has 1 aromatic heterocycles. The predicted molar refractivity (Wildman–Crippen MR) is 63.6 cm³/mol. The summed E-state index contributed by atoms with van der Waals surface area (Å²) in [5.41, 5.74) is 5.01. The van der Waals surface area contributed by atoms with Gasteiger partial charge in [0.2, 0.25) is 5.91 Å². The van der Waals surface area contributed by atoms with Crippen LogP contribution in [0.3, 0.4) is 0 Å². The molecule has 0 aliphatic carbocycles. The number of amides is 3. The Morgan fingerprint density at radius 1 is 1.41 bits per heavy atom. The number of carbonyl (C=O) groups excluding carboxylic acids is 2. The zero-order valence-electron chi connectivity index (χ0n) is 9.35. The van der Waals surface area contributed by atoms with Gasteiger partial charge < -0.3 is 5.73 Å². The van der Waals surface area contributed by atoms with Crippen LogP contribution in [0.15, 0.2) is 18.2 Å². The SMILES string of the molecule is NC(=O)Nc1cccc(N2CCCCC2=O)n1. The number of aromatic nitrogens is 1. The van der Waals surface area contributed by atoms with E-state index in [0.29, 0.717) is 24.6 Å². The second-order valence-electron chi connectivity index (χ2n) is 3.87. The van der Waals surface area contributed by atoms with E-state index in [0.717, 1.165) is 12.8 Å². The number of nitrogens with one attached hydrogen (secondary N) is 1. The molecule has 6 nitrogen and oxygen atoms in total. The fourth-order valence-electron chi connectivity index (χ4n) is 1.82. The van der Waals surface area contributed by atoms with E-state index in [1.165, 1.54) is 0 Å². The maximum atomic E-state index is 11.7. The van der Waals surface area contributed by atoms with Gasteiger partial charge in [0, 0.05) is 13.0 Å². The van der Waals surface area contributed by atoms with E-state index in [1.54, 1.807) is 23.1 Å². The molecular formula is C11H14N4O2. The monoisotopic (exact) mass is 234 g/mol. The molecule has 6 heteroatoms. The maximum absolute atomic E-state index is 11.7. The maximum Gasteiger partial charge on any atom is 0.317 e. The van der Waals surface area contributed by atoms with Crippen LogP contribution in [-0.2, 0) is 4.79 Å². The lowest BCUT2D eigenvalue weighted by Crippen LogP contribution is -2.36. The smallest absolute Gasteiger partial charge is 0.317 e. The van der Waals surface area contributed by atoms with Gasteiger partial charge in [0.25, 0.3) is 0 Å². The molecule has 1 aliphatic heterocycles.